The molecule has 1 fully saturated rings. The summed E-state index contributed by atoms with van der Waals surface area (Å²) in [7, 11) is -1.84. The predicted molar refractivity (Wildman–Crippen MR) is 94.1 cm³/mol. The van der Waals surface area contributed by atoms with Crippen LogP contribution in [0, 0.1) is 0 Å². The summed E-state index contributed by atoms with van der Waals surface area (Å²) in [6.45, 7) is 14.6. The third-order valence-corrected chi connectivity index (χ3v) is 9.70. The minimum absolute atomic E-state index is 0.360. The lowest BCUT2D eigenvalue weighted by Gasteiger charge is -2.36. The first kappa shape index (κ1) is 18.9. The molecule has 0 radical (unpaired) electrons. The van der Waals surface area contributed by atoms with Crippen molar-refractivity contribution in [1.82, 2.24) is 0 Å². The van der Waals surface area contributed by atoms with Crippen molar-refractivity contribution in [2.75, 3.05) is 6.61 Å². The molecular formula is C18H36O2Si. The van der Waals surface area contributed by atoms with Gasteiger partial charge in [-0.3, -0.25) is 0 Å². The van der Waals surface area contributed by atoms with Gasteiger partial charge >= 0.3 is 0 Å². The number of epoxide rings is 1. The minimum atomic E-state index is -1.84. The fraction of sp³-hybridized carbons (Fsp3) is 0.889. The van der Waals surface area contributed by atoms with E-state index in [0.29, 0.717) is 23.3 Å². The molecule has 0 saturated carbocycles. The molecule has 2 nitrogen and oxygen atoms in total. The molecule has 0 aliphatic carbocycles. The Kier molecular flexibility index (Phi) is 8.21. The summed E-state index contributed by atoms with van der Waals surface area (Å²) in [6.07, 6.45) is 9.31. The van der Waals surface area contributed by atoms with Crippen LogP contribution in [0.25, 0.3) is 0 Å². The summed E-state index contributed by atoms with van der Waals surface area (Å²) < 4.78 is 12.3. The molecule has 1 aliphatic rings. The van der Waals surface area contributed by atoms with Gasteiger partial charge in [-0.05, 0) is 23.9 Å². The zero-order chi connectivity index (χ0) is 15.9. The SMILES string of the molecule is CCCC/C=C/[Si](OC[C@@H]1O[C@@H]1CCC)(C(C)C)C(C)C. The van der Waals surface area contributed by atoms with Crippen LogP contribution in [0.3, 0.4) is 0 Å². The third kappa shape index (κ3) is 5.54. The molecule has 2 atom stereocenters. The second-order valence-electron chi connectivity index (χ2n) is 7.02. The Hall–Kier alpha value is -0.123. The van der Waals surface area contributed by atoms with Gasteiger partial charge in [0.15, 0.2) is 0 Å². The van der Waals surface area contributed by atoms with Gasteiger partial charge in [0.2, 0.25) is 8.32 Å². The molecule has 21 heavy (non-hydrogen) atoms. The van der Waals surface area contributed by atoms with Crippen LogP contribution in [0.15, 0.2) is 11.8 Å². The summed E-state index contributed by atoms with van der Waals surface area (Å²) in [4.78, 5) is 0. The molecule has 0 aromatic heterocycles. The first-order chi connectivity index (χ1) is 9.97. The summed E-state index contributed by atoms with van der Waals surface area (Å²) in [5.41, 5.74) is 3.69. The van der Waals surface area contributed by atoms with Crippen molar-refractivity contribution >= 4 is 8.32 Å². The highest BCUT2D eigenvalue weighted by Crippen LogP contribution is 2.37. The van der Waals surface area contributed by atoms with Crippen molar-refractivity contribution < 1.29 is 9.16 Å². The van der Waals surface area contributed by atoms with Crippen molar-refractivity contribution in [2.24, 2.45) is 0 Å². The average molecular weight is 313 g/mol. The predicted octanol–water partition coefficient (Wildman–Crippen LogP) is 5.62. The highest BCUT2D eigenvalue weighted by Gasteiger charge is 2.44. The second-order valence-corrected chi connectivity index (χ2v) is 11.7. The fourth-order valence-corrected chi connectivity index (χ4v) is 6.97. The highest BCUT2D eigenvalue weighted by atomic mass is 28.4. The van der Waals surface area contributed by atoms with E-state index in [-0.39, 0.29) is 0 Å². The van der Waals surface area contributed by atoms with E-state index in [1.165, 1.54) is 32.1 Å². The van der Waals surface area contributed by atoms with E-state index in [0.717, 1.165) is 6.61 Å². The van der Waals surface area contributed by atoms with Gasteiger partial charge in [-0.15, -0.1) is 0 Å². The molecule has 0 N–H and O–H groups in total. The number of unbranched alkanes of at least 4 members (excludes halogenated alkanes) is 2. The second kappa shape index (κ2) is 9.11. The Bertz CT molecular complexity index is 304. The summed E-state index contributed by atoms with van der Waals surface area (Å²) in [5.74, 6) is 0. The largest absolute Gasteiger partial charge is 0.410 e. The number of rotatable bonds is 11. The molecule has 124 valence electrons. The van der Waals surface area contributed by atoms with Crippen LogP contribution in [0.1, 0.15) is 73.6 Å². The van der Waals surface area contributed by atoms with E-state index in [4.69, 9.17) is 9.16 Å². The van der Waals surface area contributed by atoms with E-state index < -0.39 is 8.32 Å². The van der Waals surface area contributed by atoms with Crippen LogP contribution < -0.4 is 0 Å². The first-order valence-corrected chi connectivity index (χ1v) is 11.1. The minimum Gasteiger partial charge on any atom is -0.410 e. The number of hydrogen-bond donors (Lipinski definition) is 0. The van der Waals surface area contributed by atoms with Gasteiger partial charge < -0.3 is 9.16 Å². The van der Waals surface area contributed by atoms with E-state index >= 15 is 0 Å². The maximum Gasteiger partial charge on any atom is 0.221 e. The smallest absolute Gasteiger partial charge is 0.221 e. The molecule has 0 spiro atoms. The van der Waals surface area contributed by atoms with Crippen molar-refractivity contribution in [3.05, 3.63) is 11.8 Å². The maximum absolute atomic E-state index is 6.56. The lowest BCUT2D eigenvalue weighted by Crippen LogP contribution is -2.44. The molecule has 0 amide bonds. The van der Waals surface area contributed by atoms with Crippen molar-refractivity contribution in [3.63, 3.8) is 0 Å². The average Bonchev–Trinajstić information content (AvgIpc) is 3.16. The molecule has 1 heterocycles. The molecular weight excluding hydrogens is 276 g/mol. The van der Waals surface area contributed by atoms with Gasteiger partial charge in [0.05, 0.1) is 12.7 Å². The number of hydrogen-bond acceptors (Lipinski definition) is 2. The van der Waals surface area contributed by atoms with Gasteiger partial charge in [0, 0.05) is 0 Å². The van der Waals surface area contributed by atoms with E-state index in [9.17, 15) is 0 Å². The number of ether oxygens (including phenoxy) is 1. The van der Waals surface area contributed by atoms with Crippen LogP contribution in [-0.2, 0) is 9.16 Å². The summed E-state index contributed by atoms with van der Waals surface area (Å²) in [5, 5.41) is 0. The topological polar surface area (TPSA) is 21.8 Å². The lowest BCUT2D eigenvalue weighted by atomic mass is 10.2. The van der Waals surface area contributed by atoms with Crippen LogP contribution in [-0.4, -0.2) is 27.1 Å². The maximum atomic E-state index is 6.56. The molecule has 0 bridgehead atoms. The zero-order valence-corrected chi connectivity index (χ0v) is 16.0. The fourth-order valence-electron chi connectivity index (χ4n) is 3.11. The molecule has 1 aliphatic heterocycles. The lowest BCUT2D eigenvalue weighted by molar-refractivity contribution is 0.244. The quantitative estimate of drug-likeness (QED) is 0.280. The molecule has 1 rings (SSSR count). The Labute approximate surface area is 133 Å². The Balaban J connectivity index is 2.61. The summed E-state index contributed by atoms with van der Waals surface area (Å²) in [6, 6.07) is 0. The summed E-state index contributed by atoms with van der Waals surface area (Å²) >= 11 is 0. The van der Waals surface area contributed by atoms with Gasteiger partial charge in [0.25, 0.3) is 0 Å². The first-order valence-electron chi connectivity index (χ1n) is 8.95. The van der Waals surface area contributed by atoms with Gasteiger partial charge in [-0.25, -0.2) is 0 Å². The van der Waals surface area contributed by atoms with E-state index in [2.05, 4.69) is 53.3 Å². The Morgan fingerprint density at radius 3 is 2.24 bits per heavy atom. The van der Waals surface area contributed by atoms with Crippen LogP contribution >= 0.6 is 0 Å². The van der Waals surface area contributed by atoms with Crippen molar-refractivity contribution in [2.45, 2.75) is 96.9 Å². The molecule has 0 aromatic rings. The van der Waals surface area contributed by atoms with Crippen molar-refractivity contribution in [1.29, 1.82) is 0 Å². The van der Waals surface area contributed by atoms with E-state index in [1.54, 1.807) is 0 Å². The molecule has 3 heteroatoms. The standard InChI is InChI=1S/C18H36O2Si/c1-7-9-10-11-13-21(15(3)4,16(5)6)19-14-18-17(20-18)12-8-2/h11,13,15-18H,7-10,12,14H2,1-6H3/b13-11+/t17-,18+/m1/s1. The molecule has 0 unspecified atom stereocenters. The van der Waals surface area contributed by atoms with Crippen LogP contribution in [0.2, 0.25) is 11.1 Å². The van der Waals surface area contributed by atoms with Crippen molar-refractivity contribution in [3.8, 4) is 0 Å². The molecule has 1 saturated heterocycles. The van der Waals surface area contributed by atoms with Crippen LogP contribution in [0.4, 0.5) is 0 Å². The van der Waals surface area contributed by atoms with Crippen LogP contribution in [0.5, 0.6) is 0 Å². The molecule has 0 aromatic carbocycles. The van der Waals surface area contributed by atoms with Gasteiger partial charge in [-0.1, -0.05) is 72.6 Å². The van der Waals surface area contributed by atoms with Gasteiger partial charge in [0.1, 0.15) is 6.10 Å². The third-order valence-electron chi connectivity index (χ3n) is 4.67. The Morgan fingerprint density at radius 2 is 1.71 bits per heavy atom. The monoisotopic (exact) mass is 312 g/mol. The number of allylic oxidation sites excluding steroid dienone is 1. The Morgan fingerprint density at radius 1 is 1.05 bits per heavy atom. The van der Waals surface area contributed by atoms with Gasteiger partial charge in [-0.2, -0.15) is 0 Å². The highest BCUT2D eigenvalue weighted by molar-refractivity contribution is 6.81. The zero-order valence-electron chi connectivity index (χ0n) is 15.0. The van der Waals surface area contributed by atoms with E-state index in [1.807, 2.05) is 0 Å². The normalized spacial score (nSPS) is 22.7.